The van der Waals surface area contributed by atoms with E-state index in [0.29, 0.717) is 6.42 Å². The Hall–Kier alpha value is -1.16. The molecule has 0 spiro atoms. The van der Waals surface area contributed by atoms with Gasteiger partial charge in [0.2, 0.25) is 0 Å². The second kappa shape index (κ2) is 3.69. The molecule has 6 atom stereocenters. The molecule has 0 aromatic heterocycles. The van der Waals surface area contributed by atoms with Gasteiger partial charge in [-0.3, -0.25) is 9.59 Å². The van der Waals surface area contributed by atoms with E-state index in [2.05, 4.69) is 0 Å². The highest BCUT2D eigenvalue weighted by Gasteiger charge is 2.62. The maximum absolute atomic E-state index is 12.3. The van der Waals surface area contributed by atoms with Crippen LogP contribution in [0, 0.1) is 23.2 Å². The van der Waals surface area contributed by atoms with Gasteiger partial charge >= 0.3 is 5.97 Å². The number of ether oxygens (including phenoxy) is 1. The second-order valence-corrected chi connectivity index (χ2v) is 6.71. The summed E-state index contributed by atoms with van der Waals surface area (Å²) in [6.45, 7) is 5.48. The molecule has 0 aromatic rings. The highest BCUT2D eigenvalue weighted by Crippen LogP contribution is 2.56. The normalized spacial score (nSPS) is 52.6. The Morgan fingerprint density at radius 2 is 2.05 bits per heavy atom. The number of hydrogen-bond acceptors (Lipinski definition) is 4. The average Bonchev–Trinajstić information content (AvgIpc) is 2.60. The maximum Gasteiger partial charge on any atom is 0.309 e. The first-order valence-electron chi connectivity index (χ1n) is 6.94. The summed E-state index contributed by atoms with van der Waals surface area (Å²) in [6.07, 6.45) is 4.21. The molecular weight excluding hydrogens is 244 g/mol. The molecule has 1 saturated heterocycles. The van der Waals surface area contributed by atoms with Gasteiger partial charge in [-0.15, -0.1) is 0 Å². The standard InChI is InChI=1S/C15H20O4/c1-8-9-4-6-14(2)10(16)5-7-15(3,18)12(14)11(9)19-13(8)17/h5,7-9,11-12,18H,4,6H2,1-3H3/t8-,9?,11-,12?,14-,15+/m0/s1. The Balaban J connectivity index is 2.07. The van der Waals surface area contributed by atoms with Gasteiger partial charge in [0, 0.05) is 17.3 Å². The predicted octanol–water partition coefficient (Wildman–Crippen LogP) is 1.47. The number of aliphatic hydroxyl groups is 1. The van der Waals surface area contributed by atoms with Crippen molar-refractivity contribution in [3.8, 4) is 0 Å². The van der Waals surface area contributed by atoms with Gasteiger partial charge in [-0.1, -0.05) is 13.8 Å². The average molecular weight is 264 g/mol. The summed E-state index contributed by atoms with van der Waals surface area (Å²) in [5, 5.41) is 10.6. The van der Waals surface area contributed by atoms with Crippen LogP contribution in [-0.4, -0.2) is 28.6 Å². The smallest absolute Gasteiger partial charge is 0.309 e. The third kappa shape index (κ3) is 1.55. The Labute approximate surface area is 112 Å². The van der Waals surface area contributed by atoms with Gasteiger partial charge < -0.3 is 9.84 Å². The molecule has 1 heterocycles. The van der Waals surface area contributed by atoms with Crippen molar-refractivity contribution in [3.63, 3.8) is 0 Å². The van der Waals surface area contributed by atoms with Crippen LogP contribution in [0.1, 0.15) is 33.6 Å². The van der Waals surface area contributed by atoms with Gasteiger partial charge in [-0.25, -0.2) is 0 Å². The van der Waals surface area contributed by atoms with Crippen LogP contribution in [0.2, 0.25) is 0 Å². The van der Waals surface area contributed by atoms with Crippen molar-refractivity contribution in [2.45, 2.75) is 45.3 Å². The lowest BCUT2D eigenvalue weighted by Gasteiger charge is -2.52. The molecule has 0 amide bonds. The summed E-state index contributed by atoms with van der Waals surface area (Å²) in [6, 6.07) is 0. The fraction of sp³-hybridized carbons (Fsp3) is 0.733. The molecule has 2 unspecified atom stereocenters. The molecular formula is C15H20O4. The van der Waals surface area contributed by atoms with Gasteiger partial charge in [0.1, 0.15) is 6.10 Å². The molecule has 4 heteroatoms. The predicted molar refractivity (Wildman–Crippen MR) is 68.1 cm³/mol. The fourth-order valence-electron chi connectivity index (χ4n) is 4.29. The number of rotatable bonds is 0. The lowest BCUT2D eigenvalue weighted by atomic mass is 9.53. The van der Waals surface area contributed by atoms with E-state index in [4.69, 9.17) is 4.74 Å². The van der Waals surface area contributed by atoms with E-state index in [1.807, 2.05) is 13.8 Å². The summed E-state index contributed by atoms with van der Waals surface area (Å²) in [7, 11) is 0. The third-order valence-electron chi connectivity index (χ3n) is 5.46. The highest BCUT2D eigenvalue weighted by atomic mass is 16.6. The van der Waals surface area contributed by atoms with E-state index in [-0.39, 0.29) is 35.6 Å². The SMILES string of the molecule is C[C@@H]1C(=O)O[C@H]2C1CC[C@@]1(C)C(=O)C=C[C@@](C)(O)C21. The summed E-state index contributed by atoms with van der Waals surface area (Å²) in [4.78, 5) is 24.1. The first kappa shape index (κ1) is 12.9. The molecule has 3 aliphatic rings. The van der Waals surface area contributed by atoms with E-state index < -0.39 is 11.0 Å². The number of carbonyl (C=O) groups excluding carboxylic acids is 2. The van der Waals surface area contributed by atoms with E-state index >= 15 is 0 Å². The van der Waals surface area contributed by atoms with E-state index in [1.165, 1.54) is 6.08 Å². The maximum atomic E-state index is 12.3. The fourth-order valence-corrected chi connectivity index (χ4v) is 4.29. The lowest BCUT2D eigenvalue weighted by molar-refractivity contribution is -0.167. The monoisotopic (exact) mass is 264 g/mol. The van der Waals surface area contributed by atoms with Crippen LogP contribution in [0.3, 0.4) is 0 Å². The number of carbonyl (C=O) groups is 2. The number of fused-ring (bicyclic) bond motifs is 3. The van der Waals surface area contributed by atoms with Crippen molar-refractivity contribution in [3.05, 3.63) is 12.2 Å². The van der Waals surface area contributed by atoms with Crippen molar-refractivity contribution in [2.75, 3.05) is 0 Å². The van der Waals surface area contributed by atoms with Crippen molar-refractivity contribution in [2.24, 2.45) is 23.2 Å². The van der Waals surface area contributed by atoms with E-state index in [9.17, 15) is 14.7 Å². The molecule has 4 nitrogen and oxygen atoms in total. The van der Waals surface area contributed by atoms with Crippen molar-refractivity contribution in [1.29, 1.82) is 0 Å². The number of hydrogen-bond donors (Lipinski definition) is 1. The van der Waals surface area contributed by atoms with Crippen LogP contribution in [0.5, 0.6) is 0 Å². The molecule has 0 radical (unpaired) electrons. The Morgan fingerprint density at radius 3 is 2.74 bits per heavy atom. The third-order valence-corrected chi connectivity index (χ3v) is 5.46. The van der Waals surface area contributed by atoms with Crippen LogP contribution in [0.4, 0.5) is 0 Å². The van der Waals surface area contributed by atoms with Crippen LogP contribution in [0.25, 0.3) is 0 Å². The van der Waals surface area contributed by atoms with E-state index in [0.717, 1.165) is 6.42 Å². The Bertz CT molecular complexity index is 479. The number of allylic oxidation sites excluding steroid dienone is 1. The van der Waals surface area contributed by atoms with Crippen molar-refractivity contribution in [1.82, 2.24) is 0 Å². The summed E-state index contributed by atoms with van der Waals surface area (Å²) < 4.78 is 5.51. The summed E-state index contributed by atoms with van der Waals surface area (Å²) >= 11 is 0. The minimum atomic E-state index is -1.10. The molecule has 2 aliphatic carbocycles. The molecule has 0 aromatic carbocycles. The van der Waals surface area contributed by atoms with Gasteiger partial charge in [0.25, 0.3) is 0 Å². The first-order chi connectivity index (χ1) is 8.77. The summed E-state index contributed by atoms with van der Waals surface area (Å²) in [5.74, 6) is -0.511. The zero-order valence-electron chi connectivity index (χ0n) is 11.6. The van der Waals surface area contributed by atoms with Crippen molar-refractivity contribution < 1.29 is 19.4 Å². The molecule has 2 fully saturated rings. The van der Waals surface area contributed by atoms with Crippen molar-refractivity contribution >= 4 is 11.8 Å². The minimum absolute atomic E-state index is 0.0399. The zero-order chi connectivity index (χ0) is 14.0. The van der Waals surface area contributed by atoms with Crippen LogP contribution in [-0.2, 0) is 14.3 Å². The first-order valence-corrected chi connectivity index (χ1v) is 6.94. The van der Waals surface area contributed by atoms with E-state index in [1.54, 1.807) is 13.0 Å². The molecule has 1 N–H and O–H groups in total. The number of ketones is 1. The number of esters is 1. The summed E-state index contributed by atoms with van der Waals surface area (Å²) in [5.41, 5.74) is -1.72. The zero-order valence-corrected chi connectivity index (χ0v) is 11.6. The molecule has 19 heavy (non-hydrogen) atoms. The van der Waals surface area contributed by atoms with Gasteiger partial charge in [0.15, 0.2) is 5.78 Å². The molecule has 104 valence electrons. The molecule has 1 aliphatic heterocycles. The van der Waals surface area contributed by atoms with Gasteiger partial charge in [-0.05, 0) is 31.9 Å². The molecule has 1 saturated carbocycles. The molecule has 0 bridgehead atoms. The topological polar surface area (TPSA) is 63.6 Å². The molecule has 3 rings (SSSR count). The quantitative estimate of drug-likeness (QED) is 0.673. The highest BCUT2D eigenvalue weighted by molar-refractivity contribution is 5.96. The Kier molecular flexibility index (Phi) is 2.50. The van der Waals surface area contributed by atoms with Crippen LogP contribution in [0.15, 0.2) is 12.2 Å². The second-order valence-electron chi connectivity index (χ2n) is 6.71. The van der Waals surface area contributed by atoms with Gasteiger partial charge in [-0.2, -0.15) is 0 Å². The van der Waals surface area contributed by atoms with Crippen LogP contribution < -0.4 is 0 Å². The lowest BCUT2D eigenvalue weighted by Crippen LogP contribution is -2.59. The largest absolute Gasteiger partial charge is 0.461 e. The van der Waals surface area contributed by atoms with Gasteiger partial charge in [0.05, 0.1) is 11.5 Å². The minimum Gasteiger partial charge on any atom is -0.461 e. The Morgan fingerprint density at radius 1 is 1.37 bits per heavy atom. The van der Waals surface area contributed by atoms with Crippen LogP contribution >= 0.6 is 0 Å².